The molecule has 2 atom stereocenters. The number of hydrogen-bond donors (Lipinski definition) is 3. The average Bonchev–Trinajstić information content (AvgIpc) is 2.79. The van der Waals surface area contributed by atoms with Crippen LogP contribution in [0.25, 0.3) is 0 Å². The quantitative estimate of drug-likeness (QED) is 0.452. The summed E-state index contributed by atoms with van der Waals surface area (Å²) in [7, 11) is -3.66. The normalized spacial score (nSPS) is 13.1. The number of carbonyl (C=O) groups excluding carboxylic acids is 3. The number of nitrogens with two attached hydrogens (primary N) is 1. The van der Waals surface area contributed by atoms with E-state index in [2.05, 4.69) is 10.6 Å². The molecule has 0 radical (unpaired) electrons. The summed E-state index contributed by atoms with van der Waals surface area (Å²) in [6.07, 6.45) is -1.00. The number of hydrogen-bond acceptors (Lipinski definition) is 6. The molecule has 0 heterocycles. The maximum atomic E-state index is 12.8. The topological polar surface area (TPSA) is 145 Å². The first-order chi connectivity index (χ1) is 15.6. The zero-order chi connectivity index (χ0) is 24.4. The minimum Gasteiger partial charge on any atom is -0.445 e. The maximum absolute atomic E-state index is 12.8. The third-order valence-electron chi connectivity index (χ3n) is 4.87. The predicted molar refractivity (Wildman–Crippen MR) is 123 cm³/mol. The van der Waals surface area contributed by atoms with E-state index in [4.69, 9.17) is 10.5 Å². The predicted octanol–water partition coefficient (Wildman–Crippen LogP) is 1.77. The highest BCUT2D eigenvalue weighted by atomic mass is 32.2. The molecule has 0 saturated heterocycles. The molecule has 0 fully saturated rings. The number of alkyl carbamates (subject to hydrolysis) is 1. The number of ether oxygens (including phenoxy) is 1. The van der Waals surface area contributed by atoms with E-state index in [-0.39, 0.29) is 29.6 Å². The number of rotatable bonds is 11. The van der Waals surface area contributed by atoms with Gasteiger partial charge < -0.3 is 21.1 Å². The Balaban J connectivity index is 1.97. The Morgan fingerprint density at radius 3 is 2.06 bits per heavy atom. The number of nitrogens with one attached hydrogen (secondary N) is 2. The van der Waals surface area contributed by atoms with E-state index < -0.39 is 39.8 Å². The van der Waals surface area contributed by atoms with Crippen LogP contribution in [0.1, 0.15) is 25.8 Å². The minimum atomic E-state index is -3.66. The van der Waals surface area contributed by atoms with E-state index in [9.17, 15) is 22.8 Å². The summed E-state index contributed by atoms with van der Waals surface area (Å²) >= 11 is 0. The minimum absolute atomic E-state index is 0.0281. The van der Waals surface area contributed by atoms with Gasteiger partial charge in [0.1, 0.15) is 18.7 Å². The van der Waals surface area contributed by atoms with Crippen LogP contribution in [0.4, 0.5) is 4.79 Å². The number of benzene rings is 2. The lowest BCUT2D eigenvalue weighted by Crippen LogP contribution is -2.55. The van der Waals surface area contributed by atoms with Gasteiger partial charge in [-0.05, 0) is 30.0 Å². The van der Waals surface area contributed by atoms with Crippen molar-refractivity contribution >= 4 is 27.7 Å². The van der Waals surface area contributed by atoms with Crippen LogP contribution in [-0.4, -0.2) is 44.2 Å². The van der Waals surface area contributed by atoms with Crippen LogP contribution < -0.4 is 16.4 Å². The van der Waals surface area contributed by atoms with Gasteiger partial charge in [-0.2, -0.15) is 0 Å². The first-order valence-electron chi connectivity index (χ1n) is 10.4. The molecule has 178 valence electrons. The number of sulfone groups is 1. The zero-order valence-corrected chi connectivity index (χ0v) is 19.4. The standard InChI is InChI=1S/C23H29N3O6S/c1-16(2)20(26-23(29)32-15-17-9-5-3-6-10-17)22(28)25-19(21(24)27)13-14-33(30,31)18-11-7-4-8-12-18/h3-12,16,19-20H,13-15H2,1-2H3,(H2,24,27)(H,25,28)(H,26,29)/t19-,20-/m0/s1. The van der Waals surface area contributed by atoms with Gasteiger partial charge in [-0.1, -0.05) is 62.4 Å². The fourth-order valence-corrected chi connectivity index (χ4v) is 4.35. The van der Waals surface area contributed by atoms with Crippen molar-refractivity contribution in [2.24, 2.45) is 11.7 Å². The summed E-state index contributed by atoms with van der Waals surface area (Å²) in [5, 5.41) is 4.94. The Morgan fingerprint density at radius 2 is 1.52 bits per heavy atom. The Kier molecular flexibility index (Phi) is 9.41. The molecule has 33 heavy (non-hydrogen) atoms. The molecule has 10 heteroatoms. The lowest BCUT2D eigenvalue weighted by Gasteiger charge is -2.24. The van der Waals surface area contributed by atoms with Gasteiger partial charge in [-0.15, -0.1) is 0 Å². The molecule has 2 rings (SSSR count). The van der Waals surface area contributed by atoms with Gasteiger partial charge in [0.25, 0.3) is 0 Å². The highest BCUT2D eigenvalue weighted by Crippen LogP contribution is 2.13. The second-order valence-corrected chi connectivity index (χ2v) is 9.92. The zero-order valence-electron chi connectivity index (χ0n) is 18.6. The van der Waals surface area contributed by atoms with Gasteiger partial charge in [0, 0.05) is 0 Å². The van der Waals surface area contributed by atoms with Crippen LogP contribution in [0.2, 0.25) is 0 Å². The molecule has 0 aliphatic carbocycles. The molecule has 0 aliphatic rings. The van der Waals surface area contributed by atoms with Gasteiger partial charge in [-0.3, -0.25) is 9.59 Å². The molecule has 2 aromatic rings. The molecular weight excluding hydrogens is 446 g/mol. The maximum Gasteiger partial charge on any atom is 0.408 e. The lowest BCUT2D eigenvalue weighted by atomic mass is 10.0. The molecule has 3 amide bonds. The van der Waals surface area contributed by atoms with Gasteiger partial charge in [0.2, 0.25) is 11.8 Å². The summed E-state index contributed by atoms with van der Waals surface area (Å²) in [4.78, 5) is 36.9. The van der Waals surface area contributed by atoms with Crippen molar-refractivity contribution in [1.29, 1.82) is 0 Å². The van der Waals surface area contributed by atoms with Gasteiger partial charge in [0.15, 0.2) is 9.84 Å². The molecule has 0 spiro atoms. The van der Waals surface area contributed by atoms with Crippen molar-refractivity contribution in [1.82, 2.24) is 10.6 Å². The highest BCUT2D eigenvalue weighted by Gasteiger charge is 2.29. The largest absolute Gasteiger partial charge is 0.445 e. The summed E-state index contributed by atoms with van der Waals surface area (Å²) in [6.45, 7) is 3.45. The number of amides is 3. The van der Waals surface area contributed by atoms with Crippen LogP contribution in [0.15, 0.2) is 65.6 Å². The molecule has 0 saturated carbocycles. The van der Waals surface area contributed by atoms with Crippen molar-refractivity contribution in [3.8, 4) is 0 Å². The molecule has 4 N–H and O–H groups in total. The number of primary amides is 1. The van der Waals surface area contributed by atoms with E-state index in [1.165, 1.54) is 12.1 Å². The summed E-state index contributed by atoms with van der Waals surface area (Å²) in [5.41, 5.74) is 6.17. The SMILES string of the molecule is CC(C)[C@H](NC(=O)OCc1ccccc1)C(=O)N[C@@H](CCS(=O)(=O)c1ccccc1)C(N)=O. The van der Waals surface area contributed by atoms with Crippen molar-refractivity contribution in [2.75, 3.05) is 5.75 Å². The van der Waals surface area contributed by atoms with Crippen LogP contribution >= 0.6 is 0 Å². The van der Waals surface area contributed by atoms with Gasteiger partial charge in [0.05, 0.1) is 10.6 Å². The fraction of sp³-hybridized carbons (Fsp3) is 0.348. The molecule has 2 aromatic carbocycles. The Morgan fingerprint density at radius 1 is 0.939 bits per heavy atom. The van der Waals surface area contributed by atoms with Crippen LogP contribution in [0, 0.1) is 5.92 Å². The van der Waals surface area contributed by atoms with Crippen LogP contribution in [-0.2, 0) is 30.8 Å². The molecule has 9 nitrogen and oxygen atoms in total. The molecular formula is C23H29N3O6S. The lowest BCUT2D eigenvalue weighted by molar-refractivity contribution is -0.129. The Bertz CT molecular complexity index is 1040. The third-order valence-corrected chi connectivity index (χ3v) is 6.64. The van der Waals surface area contributed by atoms with E-state index >= 15 is 0 Å². The third kappa shape index (κ3) is 8.23. The Labute approximate surface area is 193 Å². The molecule has 0 bridgehead atoms. The van der Waals surface area contributed by atoms with Crippen molar-refractivity contribution in [3.05, 3.63) is 66.2 Å². The van der Waals surface area contributed by atoms with Crippen molar-refractivity contribution in [3.63, 3.8) is 0 Å². The van der Waals surface area contributed by atoms with Crippen molar-refractivity contribution < 1.29 is 27.5 Å². The van der Waals surface area contributed by atoms with Crippen LogP contribution in [0.3, 0.4) is 0 Å². The summed E-state index contributed by atoms with van der Waals surface area (Å²) in [6, 6.07) is 14.6. The smallest absolute Gasteiger partial charge is 0.408 e. The summed E-state index contributed by atoms with van der Waals surface area (Å²) in [5.74, 6) is -2.26. The second-order valence-electron chi connectivity index (χ2n) is 7.81. The number of carbonyl (C=O) groups is 3. The van der Waals surface area contributed by atoms with Gasteiger partial charge in [-0.25, -0.2) is 13.2 Å². The van der Waals surface area contributed by atoms with E-state index in [0.29, 0.717) is 0 Å². The van der Waals surface area contributed by atoms with Crippen molar-refractivity contribution in [2.45, 2.75) is 43.9 Å². The fourth-order valence-electron chi connectivity index (χ4n) is 2.99. The van der Waals surface area contributed by atoms with E-state index in [1.807, 2.05) is 18.2 Å². The van der Waals surface area contributed by atoms with Gasteiger partial charge >= 0.3 is 6.09 Å². The molecule has 0 unspecified atom stereocenters. The monoisotopic (exact) mass is 475 g/mol. The first-order valence-corrected chi connectivity index (χ1v) is 12.1. The highest BCUT2D eigenvalue weighted by molar-refractivity contribution is 7.91. The van der Waals surface area contributed by atoms with E-state index in [0.717, 1.165) is 5.56 Å². The van der Waals surface area contributed by atoms with E-state index in [1.54, 1.807) is 44.2 Å². The Hall–Kier alpha value is -3.40. The average molecular weight is 476 g/mol. The van der Waals surface area contributed by atoms with Crippen LogP contribution in [0.5, 0.6) is 0 Å². The molecule has 0 aromatic heterocycles. The first kappa shape index (κ1) is 25.9. The molecule has 0 aliphatic heterocycles. The summed E-state index contributed by atoms with van der Waals surface area (Å²) < 4.78 is 30.1. The second kappa shape index (κ2) is 12.0.